The van der Waals surface area contributed by atoms with E-state index in [-0.39, 0.29) is 17.2 Å². The van der Waals surface area contributed by atoms with Gasteiger partial charge in [-0.15, -0.1) is 0 Å². The minimum Gasteiger partial charge on any atom is -0.366 e. The van der Waals surface area contributed by atoms with Crippen molar-refractivity contribution in [1.82, 2.24) is 19.8 Å². The molecule has 0 bridgehead atoms. The van der Waals surface area contributed by atoms with Crippen LogP contribution in [0.1, 0.15) is 25.8 Å². The molecule has 0 saturated carbocycles. The van der Waals surface area contributed by atoms with Crippen LogP contribution >= 0.6 is 11.8 Å². The fraction of sp³-hybridized carbons (Fsp3) is 0.444. The van der Waals surface area contributed by atoms with Gasteiger partial charge in [-0.25, -0.2) is 4.98 Å². The third kappa shape index (κ3) is 6.24. The monoisotopic (exact) mass is 493 g/mol. The number of carbonyl (C=O) groups is 1. The van der Waals surface area contributed by atoms with E-state index in [1.165, 1.54) is 23.0 Å². The Morgan fingerprint density at radius 2 is 2.00 bits per heavy atom. The first kappa shape index (κ1) is 25.3. The van der Waals surface area contributed by atoms with Crippen molar-refractivity contribution in [3.8, 4) is 0 Å². The number of rotatable bonds is 9. The number of nitrogens with one attached hydrogen (secondary N) is 1. The number of amides is 1. The van der Waals surface area contributed by atoms with E-state index in [2.05, 4.69) is 58.2 Å². The number of benzene rings is 2. The molecule has 1 amide bonds. The smallest absolute Gasteiger partial charge is 0.283 e. The molecule has 186 valence electrons. The Morgan fingerprint density at radius 1 is 1.17 bits per heavy atom. The highest BCUT2D eigenvalue weighted by molar-refractivity contribution is 7.99. The molecule has 1 aliphatic rings. The molecular formula is C27H35N5O2S. The summed E-state index contributed by atoms with van der Waals surface area (Å²) in [6, 6.07) is 16.8. The van der Waals surface area contributed by atoms with Gasteiger partial charge in [-0.05, 0) is 63.6 Å². The fourth-order valence-electron chi connectivity index (χ4n) is 4.72. The van der Waals surface area contributed by atoms with E-state index in [0.29, 0.717) is 24.2 Å². The highest BCUT2D eigenvalue weighted by Gasteiger charge is 2.23. The molecule has 1 saturated heterocycles. The summed E-state index contributed by atoms with van der Waals surface area (Å²) in [5.74, 6) is 0.126. The SMILES string of the molecule is CCn1c(=O)c(SCC(=O)NCCCN2CCN(c3cccc(C)c3)[C@H](C)C2)nc2ccccc21. The maximum absolute atomic E-state index is 12.8. The van der Waals surface area contributed by atoms with Gasteiger partial charge in [0.15, 0.2) is 5.03 Å². The second kappa shape index (κ2) is 11.7. The van der Waals surface area contributed by atoms with Crippen molar-refractivity contribution in [3.05, 3.63) is 64.4 Å². The van der Waals surface area contributed by atoms with Gasteiger partial charge in [0.25, 0.3) is 5.56 Å². The number of hydrogen-bond acceptors (Lipinski definition) is 6. The Hall–Kier alpha value is -2.84. The van der Waals surface area contributed by atoms with Gasteiger partial charge >= 0.3 is 0 Å². The summed E-state index contributed by atoms with van der Waals surface area (Å²) in [6.07, 6.45) is 0.907. The third-order valence-electron chi connectivity index (χ3n) is 6.50. The maximum atomic E-state index is 12.8. The van der Waals surface area contributed by atoms with Crippen LogP contribution in [0.3, 0.4) is 0 Å². The second-order valence-corrected chi connectivity index (χ2v) is 10.1. The van der Waals surface area contributed by atoms with E-state index >= 15 is 0 Å². The van der Waals surface area contributed by atoms with Crippen molar-refractivity contribution in [3.63, 3.8) is 0 Å². The minimum atomic E-state index is -0.136. The third-order valence-corrected chi connectivity index (χ3v) is 7.44. The number of nitrogens with zero attached hydrogens (tertiary/aromatic N) is 4. The van der Waals surface area contributed by atoms with Crippen LogP contribution in [-0.4, -0.2) is 64.9 Å². The number of aryl methyl sites for hydroxylation is 2. The van der Waals surface area contributed by atoms with Crippen LogP contribution in [0, 0.1) is 6.92 Å². The Bertz CT molecular complexity index is 1230. The average Bonchev–Trinajstić information content (AvgIpc) is 2.85. The molecule has 0 spiro atoms. The largest absolute Gasteiger partial charge is 0.366 e. The Kier molecular flexibility index (Phi) is 8.46. The average molecular weight is 494 g/mol. The first-order valence-corrected chi connectivity index (χ1v) is 13.4. The predicted octanol–water partition coefficient (Wildman–Crippen LogP) is 3.53. The number of piperazine rings is 1. The first-order valence-electron chi connectivity index (χ1n) is 12.4. The van der Waals surface area contributed by atoms with Crippen molar-refractivity contribution in [1.29, 1.82) is 0 Å². The molecular weight excluding hydrogens is 458 g/mol. The lowest BCUT2D eigenvalue weighted by atomic mass is 10.1. The number of hydrogen-bond donors (Lipinski definition) is 1. The molecule has 1 aromatic heterocycles. The van der Waals surface area contributed by atoms with Crippen LogP contribution in [0.15, 0.2) is 58.4 Å². The van der Waals surface area contributed by atoms with Crippen molar-refractivity contribution >= 4 is 34.4 Å². The van der Waals surface area contributed by atoms with Crippen LogP contribution < -0.4 is 15.8 Å². The van der Waals surface area contributed by atoms with Crippen molar-refractivity contribution in [2.24, 2.45) is 0 Å². The molecule has 1 atom stereocenters. The van der Waals surface area contributed by atoms with Gasteiger partial charge in [0, 0.05) is 44.5 Å². The molecule has 0 aliphatic carbocycles. The molecule has 1 fully saturated rings. The molecule has 2 aromatic carbocycles. The van der Waals surface area contributed by atoms with E-state index in [1.807, 2.05) is 31.2 Å². The summed E-state index contributed by atoms with van der Waals surface area (Å²) >= 11 is 1.21. The van der Waals surface area contributed by atoms with E-state index in [4.69, 9.17) is 0 Å². The molecule has 0 unspecified atom stereocenters. The number of thioether (sulfide) groups is 1. The summed E-state index contributed by atoms with van der Waals surface area (Å²) in [5.41, 5.74) is 4.05. The molecule has 1 N–H and O–H groups in total. The van der Waals surface area contributed by atoms with Gasteiger partial charge in [0.1, 0.15) is 0 Å². The van der Waals surface area contributed by atoms with Crippen LogP contribution in [0.2, 0.25) is 0 Å². The molecule has 4 rings (SSSR count). The lowest BCUT2D eigenvalue weighted by Crippen LogP contribution is -2.52. The summed E-state index contributed by atoms with van der Waals surface area (Å²) in [4.78, 5) is 34.6. The standard InChI is InChI=1S/C27H35N5O2S/c1-4-31-24-12-6-5-11-23(24)29-26(27(31)34)35-19-25(33)28-13-8-14-30-15-16-32(21(3)18-30)22-10-7-9-20(2)17-22/h5-7,9-12,17,21H,4,8,13-16,18-19H2,1-3H3,(H,28,33)/t21-/m1/s1. The summed E-state index contributed by atoms with van der Waals surface area (Å²) in [5, 5.41) is 3.37. The zero-order chi connectivity index (χ0) is 24.8. The maximum Gasteiger partial charge on any atom is 0.283 e. The Balaban J connectivity index is 1.20. The van der Waals surface area contributed by atoms with E-state index in [0.717, 1.165) is 43.6 Å². The van der Waals surface area contributed by atoms with Gasteiger partial charge < -0.3 is 14.8 Å². The summed E-state index contributed by atoms with van der Waals surface area (Å²) < 4.78 is 1.71. The van der Waals surface area contributed by atoms with Crippen LogP contribution in [-0.2, 0) is 11.3 Å². The van der Waals surface area contributed by atoms with E-state index in [1.54, 1.807) is 4.57 Å². The molecule has 35 heavy (non-hydrogen) atoms. The highest BCUT2D eigenvalue weighted by atomic mass is 32.2. The predicted molar refractivity (Wildman–Crippen MR) is 144 cm³/mol. The summed E-state index contributed by atoms with van der Waals surface area (Å²) in [7, 11) is 0. The Morgan fingerprint density at radius 3 is 2.77 bits per heavy atom. The van der Waals surface area contributed by atoms with Gasteiger partial charge in [-0.2, -0.15) is 0 Å². The van der Waals surface area contributed by atoms with Crippen molar-refractivity contribution < 1.29 is 4.79 Å². The summed E-state index contributed by atoms with van der Waals surface area (Å²) in [6.45, 7) is 11.6. The number of carbonyl (C=O) groups excluding carboxylic acids is 1. The van der Waals surface area contributed by atoms with Gasteiger partial charge in [-0.3, -0.25) is 14.5 Å². The first-order chi connectivity index (χ1) is 17.0. The second-order valence-electron chi connectivity index (χ2n) is 9.13. The zero-order valence-electron chi connectivity index (χ0n) is 20.9. The van der Waals surface area contributed by atoms with E-state index < -0.39 is 0 Å². The van der Waals surface area contributed by atoms with Gasteiger partial charge in [0.2, 0.25) is 5.91 Å². The number of fused-ring (bicyclic) bond motifs is 1. The number of aromatic nitrogens is 2. The quantitative estimate of drug-likeness (QED) is 0.363. The van der Waals surface area contributed by atoms with Gasteiger partial charge in [-0.1, -0.05) is 36.0 Å². The minimum absolute atomic E-state index is 0.0648. The number of anilines is 1. The lowest BCUT2D eigenvalue weighted by Gasteiger charge is -2.41. The highest BCUT2D eigenvalue weighted by Crippen LogP contribution is 2.21. The van der Waals surface area contributed by atoms with Crippen molar-refractivity contribution in [2.75, 3.05) is 43.4 Å². The molecule has 2 heterocycles. The molecule has 1 aliphatic heterocycles. The van der Waals surface area contributed by atoms with Crippen LogP contribution in [0.4, 0.5) is 5.69 Å². The molecule has 3 aromatic rings. The normalized spacial score (nSPS) is 16.5. The molecule has 8 heteroatoms. The Labute approximate surface area is 211 Å². The van der Waals surface area contributed by atoms with Crippen LogP contribution in [0.25, 0.3) is 11.0 Å². The van der Waals surface area contributed by atoms with Crippen LogP contribution in [0.5, 0.6) is 0 Å². The van der Waals surface area contributed by atoms with E-state index in [9.17, 15) is 9.59 Å². The van der Waals surface area contributed by atoms with Crippen molar-refractivity contribution in [2.45, 2.75) is 44.8 Å². The topological polar surface area (TPSA) is 70.5 Å². The number of para-hydroxylation sites is 2. The molecule has 7 nitrogen and oxygen atoms in total. The zero-order valence-corrected chi connectivity index (χ0v) is 21.7. The lowest BCUT2D eigenvalue weighted by molar-refractivity contribution is -0.118. The fourth-order valence-corrected chi connectivity index (χ4v) is 5.49. The molecule has 0 radical (unpaired) electrons. The van der Waals surface area contributed by atoms with Gasteiger partial charge in [0.05, 0.1) is 16.8 Å².